The van der Waals surface area contributed by atoms with Crippen molar-refractivity contribution in [1.29, 1.82) is 0 Å². The summed E-state index contributed by atoms with van der Waals surface area (Å²) in [6.45, 7) is 6.60. The van der Waals surface area contributed by atoms with Gasteiger partial charge in [0.2, 0.25) is 0 Å². The van der Waals surface area contributed by atoms with Gasteiger partial charge in [0.05, 0.1) is 5.60 Å². The van der Waals surface area contributed by atoms with Gasteiger partial charge in [0.1, 0.15) is 0 Å². The lowest BCUT2D eigenvalue weighted by Gasteiger charge is -2.19. The summed E-state index contributed by atoms with van der Waals surface area (Å²) in [6.07, 6.45) is 0. The molecule has 0 amide bonds. The summed E-state index contributed by atoms with van der Waals surface area (Å²) >= 11 is 5.98. The molecule has 0 aliphatic heterocycles. The van der Waals surface area contributed by atoms with Gasteiger partial charge in [0.25, 0.3) is 0 Å². The fraction of sp³-hybridized carbons (Fsp3) is 0.455. The molecule has 1 aromatic carbocycles. The van der Waals surface area contributed by atoms with Crippen LogP contribution in [0.3, 0.4) is 0 Å². The number of nitrogens with one attached hydrogen (secondary N) is 1. The summed E-state index contributed by atoms with van der Waals surface area (Å²) in [5.74, 6) is 0. The van der Waals surface area contributed by atoms with E-state index in [1.54, 1.807) is 0 Å². The Morgan fingerprint density at radius 3 is 2.50 bits per heavy atom. The van der Waals surface area contributed by atoms with Crippen LogP contribution in [0, 0.1) is 0 Å². The highest BCUT2D eigenvalue weighted by Crippen LogP contribution is 2.14. The molecule has 0 fully saturated rings. The Morgan fingerprint density at radius 1 is 1.29 bits per heavy atom. The van der Waals surface area contributed by atoms with E-state index in [1.165, 1.54) is 0 Å². The average Bonchev–Trinajstić information content (AvgIpc) is 2.06. The van der Waals surface area contributed by atoms with Crippen LogP contribution in [0.4, 0.5) is 0 Å². The van der Waals surface area contributed by atoms with Crippen LogP contribution in [0.2, 0.25) is 5.02 Å². The summed E-state index contributed by atoms with van der Waals surface area (Å²) in [5, 5.41) is 0.762. The molecular weight excluding hydrogens is 198 g/mol. The minimum Gasteiger partial charge on any atom is -0.296 e. The van der Waals surface area contributed by atoms with E-state index in [9.17, 15) is 0 Å². The van der Waals surface area contributed by atoms with E-state index in [0.29, 0.717) is 6.54 Å². The van der Waals surface area contributed by atoms with Crippen LogP contribution in [-0.2, 0) is 11.4 Å². The lowest BCUT2D eigenvalue weighted by Crippen LogP contribution is -2.28. The van der Waals surface area contributed by atoms with Crippen molar-refractivity contribution < 1.29 is 4.84 Å². The second kappa shape index (κ2) is 4.78. The number of hydrogen-bond acceptors (Lipinski definition) is 2. The minimum atomic E-state index is -0.179. The number of hydroxylamine groups is 1. The molecule has 2 nitrogen and oxygen atoms in total. The largest absolute Gasteiger partial charge is 0.296 e. The lowest BCUT2D eigenvalue weighted by atomic mass is 10.2. The van der Waals surface area contributed by atoms with E-state index >= 15 is 0 Å². The molecule has 0 aliphatic carbocycles. The van der Waals surface area contributed by atoms with Crippen molar-refractivity contribution in [3.05, 3.63) is 34.9 Å². The molecule has 78 valence electrons. The maximum atomic E-state index is 5.98. The van der Waals surface area contributed by atoms with Crippen LogP contribution in [0.5, 0.6) is 0 Å². The second-order valence-corrected chi connectivity index (χ2v) is 4.53. The predicted molar refractivity (Wildman–Crippen MR) is 59.1 cm³/mol. The van der Waals surface area contributed by atoms with Gasteiger partial charge in [0, 0.05) is 11.6 Å². The molecular formula is C11H16ClNO. The molecule has 0 atom stereocenters. The van der Waals surface area contributed by atoms with E-state index in [0.717, 1.165) is 10.6 Å². The predicted octanol–water partition coefficient (Wildman–Crippen LogP) is 3.16. The van der Waals surface area contributed by atoms with Crippen molar-refractivity contribution in [3.8, 4) is 0 Å². The molecule has 1 aromatic rings. The van der Waals surface area contributed by atoms with Crippen LogP contribution >= 0.6 is 11.6 Å². The standard InChI is InChI=1S/C11H16ClNO/c1-11(2,3)14-13-8-9-6-4-5-7-10(9)12/h4-7,13H,8H2,1-3H3. The molecule has 0 saturated heterocycles. The maximum Gasteiger partial charge on any atom is 0.0813 e. The van der Waals surface area contributed by atoms with Gasteiger partial charge in [-0.1, -0.05) is 29.8 Å². The third-order valence-corrected chi connectivity index (χ3v) is 1.97. The highest BCUT2D eigenvalue weighted by atomic mass is 35.5. The van der Waals surface area contributed by atoms with Gasteiger partial charge in [-0.25, -0.2) is 0 Å². The Kier molecular flexibility index (Phi) is 3.93. The molecule has 0 saturated carbocycles. The van der Waals surface area contributed by atoms with Crippen LogP contribution < -0.4 is 5.48 Å². The quantitative estimate of drug-likeness (QED) is 0.779. The number of halogens is 1. The van der Waals surface area contributed by atoms with Crippen molar-refractivity contribution in [3.63, 3.8) is 0 Å². The summed E-state index contributed by atoms with van der Waals surface area (Å²) in [4.78, 5) is 5.38. The monoisotopic (exact) mass is 213 g/mol. The lowest BCUT2D eigenvalue weighted by molar-refractivity contribution is -0.0757. The van der Waals surface area contributed by atoms with Crippen LogP contribution in [0.1, 0.15) is 26.3 Å². The van der Waals surface area contributed by atoms with Gasteiger partial charge in [0.15, 0.2) is 0 Å². The highest BCUT2D eigenvalue weighted by Gasteiger charge is 2.10. The van der Waals surface area contributed by atoms with E-state index in [4.69, 9.17) is 16.4 Å². The average molecular weight is 214 g/mol. The zero-order valence-corrected chi connectivity index (χ0v) is 9.56. The first-order valence-electron chi connectivity index (χ1n) is 4.63. The Morgan fingerprint density at radius 2 is 1.93 bits per heavy atom. The zero-order chi connectivity index (χ0) is 10.6. The maximum absolute atomic E-state index is 5.98. The van der Waals surface area contributed by atoms with E-state index < -0.39 is 0 Å². The highest BCUT2D eigenvalue weighted by molar-refractivity contribution is 6.31. The van der Waals surface area contributed by atoms with Crippen molar-refractivity contribution >= 4 is 11.6 Å². The molecule has 1 rings (SSSR count). The summed E-state index contributed by atoms with van der Waals surface area (Å²) in [7, 11) is 0. The van der Waals surface area contributed by atoms with Crippen molar-refractivity contribution in [2.24, 2.45) is 0 Å². The molecule has 1 N–H and O–H groups in total. The molecule has 3 heteroatoms. The molecule has 0 bridgehead atoms. The summed E-state index contributed by atoms with van der Waals surface area (Å²) in [5.41, 5.74) is 3.76. The Hall–Kier alpha value is -0.570. The van der Waals surface area contributed by atoms with E-state index in [1.807, 2.05) is 45.0 Å². The van der Waals surface area contributed by atoms with Gasteiger partial charge in [-0.3, -0.25) is 4.84 Å². The number of rotatable bonds is 3. The first-order chi connectivity index (χ1) is 6.49. The number of hydrogen-bond donors (Lipinski definition) is 1. The molecule has 14 heavy (non-hydrogen) atoms. The topological polar surface area (TPSA) is 21.3 Å². The third kappa shape index (κ3) is 4.09. The zero-order valence-electron chi connectivity index (χ0n) is 8.80. The normalized spacial score (nSPS) is 11.7. The first-order valence-corrected chi connectivity index (χ1v) is 5.01. The summed E-state index contributed by atoms with van der Waals surface area (Å²) in [6, 6.07) is 7.72. The van der Waals surface area contributed by atoms with Gasteiger partial charge in [-0.15, -0.1) is 0 Å². The van der Waals surface area contributed by atoms with Crippen LogP contribution in [-0.4, -0.2) is 5.60 Å². The van der Waals surface area contributed by atoms with Crippen molar-refractivity contribution in [2.45, 2.75) is 32.9 Å². The number of benzene rings is 1. The van der Waals surface area contributed by atoms with Crippen molar-refractivity contribution in [2.75, 3.05) is 0 Å². The Labute approximate surface area is 90.2 Å². The fourth-order valence-corrected chi connectivity index (χ4v) is 1.17. The molecule has 0 aromatic heterocycles. The van der Waals surface area contributed by atoms with Crippen LogP contribution in [0.25, 0.3) is 0 Å². The molecule has 0 radical (unpaired) electrons. The van der Waals surface area contributed by atoms with Crippen molar-refractivity contribution in [1.82, 2.24) is 5.48 Å². The molecule has 0 unspecified atom stereocenters. The Bertz CT molecular complexity index is 294. The smallest absolute Gasteiger partial charge is 0.0813 e. The first kappa shape index (κ1) is 11.5. The molecule has 0 heterocycles. The minimum absolute atomic E-state index is 0.179. The molecule has 0 spiro atoms. The third-order valence-electron chi connectivity index (χ3n) is 1.60. The Balaban J connectivity index is 2.43. The van der Waals surface area contributed by atoms with E-state index in [-0.39, 0.29) is 5.60 Å². The van der Waals surface area contributed by atoms with Gasteiger partial charge in [-0.05, 0) is 32.4 Å². The van der Waals surface area contributed by atoms with E-state index in [2.05, 4.69) is 5.48 Å². The van der Waals surface area contributed by atoms with Gasteiger partial charge >= 0.3 is 0 Å². The fourth-order valence-electron chi connectivity index (χ4n) is 0.972. The van der Waals surface area contributed by atoms with Gasteiger partial charge in [-0.2, -0.15) is 5.48 Å². The SMILES string of the molecule is CC(C)(C)ONCc1ccccc1Cl. The van der Waals surface area contributed by atoms with Gasteiger partial charge < -0.3 is 0 Å². The van der Waals surface area contributed by atoms with Crippen LogP contribution in [0.15, 0.2) is 24.3 Å². The second-order valence-electron chi connectivity index (χ2n) is 4.13. The summed E-state index contributed by atoms with van der Waals surface area (Å²) < 4.78 is 0. The molecule has 0 aliphatic rings.